The summed E-state index contributed by atoms with van der Waals surface area (Å²) >= 11 is 8.44. The highest BCUT2D eigenvalue weighted by Gasteiger charge is 2.42. The Labute approximate surface area is 249 Å². The summed E-state index contributed by atoms with van der Waals surface area (Å²) in [7, 11) is 3.08. The van der Waals surface area contributed by atoms with E-state index in [4.69, 9.17) is 26.8 Å². The van der Waals surface area contributed by atoms with Crippen LogP contribution in [0.1, 0.15) is 30.7 Å². The summed E-state index contributed by atoms with van der Waals surface area (Å²) in [5.74, 6) is 0.331. The zero-order chi connectivity index (χ0) is 29.1. The van der Waals surface area contributed by atoms with Gasteiger partial charge in [0.25, 0.3) is 0 Å². The lowest BCUT2D eigenvalue weighted by Gasteiger charge is -2.38. The summed E-state index contributed by atoms with van der Waals surface area (Å²) in [6, 6.07) is 14.4. The highest BCUT2D eigenvalue weighted by molar-refractivity contribution is 8.01. The minimum absolute atomic E-state index is 0.0665. The number of ether oxygens (including phenoxy) is 2. The molecule has 1 aromatic heterocycles. The van der Waals surface area contributed by atoms with E-state index in [9.17, 15) is 14.9 Å². The minimum Gasteiger partial charge on any atom is -0.497 e. The fraction of sp³-hybridized carbons (Fsp3) is 0.250. The van der Waals surface area contributed by atoms with Crippen LogP contribution >= 0.6 is 34.7 Å². The topological polar surface area (TPSA) is 143 Å². The fourth-order valence-electron chi connectivity index (χ4n) is 4.92. The quantitative estimate of drug-likeness (QED) is 0.326. The molecule has 10 nitrogen and oxygen atoms in total. The number of hydrogen-bond acceptors (Lipinski definition) is 11. The van der Waals surface area contributed by atoms with Gasteiger partial charge in [-0.1, -0.05) is 40.8 Å². The molecule has 0 spiro atoms. The Morgan fingerprint density at radius 2 is 2.07 bits per heavy atom. The first-order chi connectivity index (χ1) is 19.8. The predicted molar refractivity (Wildman–Crippen MR) is 158 cm³/mol. The van der Waals surface area contributed by atoms with Crippen LogP contribution in [-0.4, -0.2) is 41.9 Å². The standard InChI is InChI=1S/C28H25ClN6O4S2/c1-38-17-9-10-22(39-2)18(12-17)24-19(13-30)26(31)35(20-7-4-8-21(36)25(20)24)27-33-34-28(41-27)40-14-23(37)32-16-6-3-5-15(29)11-16/h3,5-6,9-12,24H,4,7-8,14,31H2,1-2H3,(H,32,37). The molecular weight excluding hydrogens is 584 g/mol. The zero-order valence-corrected chi connectivity index (χ0v) is 24.5. The van der Waals surface area contributed by atoms with Crippen molar-refractivity contribution < 1.29 is 19.1 Å². The second-order valence-electron chi connectivity index (χ2n) is 9.12. The average Bonchev–Trinajstić information content (AvgIpc) is 3.43. The van der Waals surface area contributed by atoms with E-state index in [2.05, 4.69) is 21.6 Å². The van der Waals surface area contributed by atoms with Gasteiger partial charge in [0.05, 0.1) is 37.5 Å². The third kappa shape index (κ3) is 5.74. The first-order valence-corrected chi connectivity index (χ1v) is 14.7. The lowest BCUT2D eigenvalue weighted by molar-refractivity contribution is -0.116. The summed E-state index contributed by atoms with van der Waals surface area (Å²) in [5.41, 5.74) is 9.25. The number of carbonyl (C=O) groups is 2. The number of amides is 1. The maximum Gasteiger partial charge on any atom is 0.234 e. The molecule has 1 aliphatic carbocycles. The van der Waals surface area contributed by atoms with Gasteiger partial charge >= 0.3 is 0 Å². The Morgan fingerprint density at radius 3 is 2.80 bits per heavy atom. The molecule has 1 amide bonds. The number of aromatic nitrogens is 2. The Morgan fingerprint density at radius 1 is 1.24 bits per heavy atom. The molecule has 13 heteroatoms. The van der Waals surface area contributed by atoms with Crippen molar-refractivity contribution in [2.45, 2.75) is 29.5 Å². The van der Waals surface area contributed by atoms with Crippen LogP contribution in [0.5, 0.6) is 11.5 Å². The molecule has 0 bridgehead atoms. The molecular formula is C28H25ClN6O4S2. The number of nitrogens with zero attached hydrogens (tertiary/aromatic N) is 4. The number of carbonyl (C=O) groups excluding carboxylic acids is 2. The number of nitrogens with one attached hydrogen (secondary N) is 1. The van der Waals surface area contributed by atoms with E-state index in [1.807, 2.05) is 0 Å². The van der Waals surface area contributed by atoms with Crippen molar-refractivity contribution in [3.63, 3.8) is 0 Å². The number of thioether (sulfide) groups is 1. The van der Waals surface area contributed by atoms with Gasteiger partial charge in [0.2, 0.25) is 11.0 Å². The molecule has 1 atom stereocenters. The minimum atomic E-state index is -0.721. The summed E-state index contributed by atoms with van der Waals surface area (Å²) < 4.78 is 11.6. The van der Waals surface area contributed by atoms with E-state index in [0.29, 0.717) is 67.8 Å². The highest BCUT2D eigenvalue weighted by Crippen LogP contribution is 2.49. The number of Topliss-reactive ketones (excluding diaryl/α,β-unsaturated/α-hetero) is 1. The maximum absolute atomic E-state index is 13.4. The molecule has 2 heterocycles. The third-order valence-corrected chi connectivity index (χ3v) is 8.96. The lowest BCUT2D eigenvalue weighted by Crippen LogP contribution is -2.38. The van der Waals surface area contributed by atoms with Crippen LogP contribution in [0.4, 0.5) is 10.8 Å². The van der Waals surface area contributed by atoms with E-state index in [0.717, 1.165) is 0 Å². The molecule has 0 saturated heterocycles. The lowest BCUT2D eigenvalue weighted by atomic mass is 9.75. The van der Waals surface area contributed by atoms with E-state index in [-0.39, 0.29) is 28.8 Å². The van der Waals surface area contributed by atoms with E-state index in [1.54, 1.807) is 54.5 Å². The predicted octanol–water partition coefficient (Wildman–Crippen LogP) is 5.24. The van der Waals surface area contributed by atoms with Gasteiger partial charge in [-0.25, -0.2) is 0 Å². The Kier molecular flexibility index (Phi) is 8.49. The van der Waals surface area contributed by atoms with Crippen LogP contribution in [0, 0.1) is 11.3 Å². The number of ketones is 1. The number of nitrogens with two attached hydrogens (primary N) is 1. The molecule has 1 aliphatic heterocycles. The molecule has 1 unspecified atom stereocenters. The van der Waals surface area contributed by atoms with Gasteiger partial charge < -0.3 is 20.5 Å². The Bertz CT molecular complexity index is 1630. The van der Waals surface area contributed by atoms with Crippen LogP contribution in [0.15, 0.2) is 69.5 Å². The van der Waals surface area contributed by atoms with Crippen LogP contribution < -0.4 is 25.4 Å². The third-order valence-electron chi connectivity index (χ3n) is 6.68. The average molecular weight is 609 g/mol. The molecule has 2 aromatic carbocycles. The number of allylic oxidation sites excluding steroid dienone is 3. The van der Waals surface area contributed by atoms with Gasteiger partial charge in [-0.2, -0.15) is 5.26 Å². The normalized spacial score (nSPS) is 16.8. The molecule has 41 heavy (non-hydrogen) atoms. The molecule has 0 saturated carbocycles. The van der Waals surface area contributed by atoms with Gasteiger partial charge in [-0.3, -0.25) is 14.5 Å². The number of nitriles is 1. The Balaban J connectivity index is 1.47. The molecule has 5 rings (SSSR count). The van der Waals surface area contributed by atoms with Crippen molar-refractivity contribution in [3.05, 3.63) is 75.7 Å². The molecule has 3 aromatic rings. The van der Waals surface area contributed by atoms with Crippen molar-refractivity contribution in [3.8, 4) is 17.6 Å². The molecule has 3 N–H and O–H groups in total. The van der Waals surface area contributed by atoms with E-state index >= 15 is 0 Å². The van der Waals surface area contributed by atoms with Crippen LogP contribution in [0.3, 0.4) is 0 Å². The summed E-state index contributed by atoms with van der Waals surface area (Å²) in [6.07, 6.45) is 1.55. The zero-order valence-electron chi connectivity index (χ0n) is 22.1. The number of anilines is 2. The fourth-order valence-corrected chi connectivity index (χ4v) is 6.79. The van der Waals surface area contributed by atoms with Crippen LogP contribution in [0.2, 0.25) is 5.02 Å². The molecule has 210 valence electrons. The summed E-state index contributed by atoms with van der Waals surface area (Å²) in [6.45, 7) is 0. The van der Waals surface area contributed by atoms with E-state index in [1.165, 1.54) is 30.2 Å². The first kappa shape index (κ1) is 28.5. The van der Waals surface area contributed by atoms with Crippen molar-refractivity contribution in [1.82, 2.24) is 10.2 Å². The van der Waals surface area contributed by atoms with Crippen molar-refractivity contribution in [1.29, 1.82) is 5.26 Å². The second kappa shape index (κ2) is 12.2. The van der Waals surface area contributed by atoms with Crippen molar-refractivity contribution >= 4 is 57.2 Å². The van der Waals surface area contributed by atoms with Crippen molar-refractivity contribution in [2.24, 2.45) is 5.73 Å². The number of hydrogen-bond donors (Lipinski definition) is 2. The number of halogens is 1. The van der Waals surface area contributed by atoms with Gasteiger partial charge in [0, 0.05) is 34.0 Å². The highest BCUT2D eigenvalue weighted by atomic mass is 35.5. The maximum atomic E-state index is 13.4. The second-order valence-corrected chi connectivity index (χ2v) is 11.7. The van der Waals surface area contributed by atoms with Gasteiger partial charge in [0.1, 0.15) is 17.3 Å². The van der Waals surface area contributed by atoms with Crippen LogP contribution in [0.25, 0.3) is 0 Å². The molecule has 0 radical (unpaired) electrons. The molecule has 0 fully saturated rings. The largest absolute Gasteiger partial charge is 0.497 e. The van der Waals surface area contributed by atoms with Gasteiger partial charge in [-0.15, -0.1) is 10.2 Å². The van der Waals surface area contributed by atoms with Gasteiger partial charge in [-0.05, 0) is 49.2 Å². The first-order valence-electron chi connectivity index (χ1n) is 12.5. The van der Waals surface area contributed by atoms with Crippen LogP contribution in [-0.2, 0) is 9.59 Å². The number of benzene rings is 2. The summed E-state index contributed by atoms with van der Waals surface area (Å²) in [4.78, 5) is 27.6. The Hall–Kier alpha value is -4.05. The molecule has 2 aliphatic rings. The van der Waals surface area contributed by atoms with E-state index < -0.39 is 5.92 Å². The van der Waals surface area contributed by atoms with Crippen molar-refractivity contribution in [2.75, 3.05) is 30.2 Å². The number of methoxy groups -OCH3 is 2. The smallest absolute Gasteiger partial charge is 0.234 e. The number of rotatable bonds is 8. The summed E-state index contributed by atoms with van der Waals surface area (Å²) in [5, 5.41) is 22.6. The van der Waals surface area contributed by atoms with Gasteiger partial charge in [0.15, 0.2) is 10.1 Å². The SMILES string of the molecule is COc1ccc(OC)c(C2C(C#N)=C(N)N(c3nnc(SCC(=O)Nc4cccc(Cl)c4)s3)C3=C2C(=O)CCC3)c1. The monoisotopic (exact) mass is 608 g/mol.